The maximum absolute atomic E-state index is 13.9. The van der Waals surface area contributed by atoms with E-state index < -0.39 is 11.9 Å². The number of hydrogen-bond acceptors (Lipinski definition) is 7. The molecule has 11 heteroatoms. The Balaban J connectivity index is 1.70. The van der Waals surface area contributed by atoms with Gasteiger partial charge in [0.15, 0.2) is 11.6 Å². The van der Waals surface area contributed by atoms with E-state index in [2.05, 4.69) is 20.0 Å². The number of rotatable bonds is 8. The largest absolute Gasteiger partial charge is 0.494 e. The summed E-state index contributed by atoms with van der Waals surface area (Å²) in [6, 6.07) is 11.0. The molecule has 2 amide bonds. The van der Waals surface area contributed by atoms with Crippen molar-refractivity contribution >= 4 is 29.2 Å². The molecule has 3 heterocycles. The first kappa shape index (κ1) is 24.6. The summed E-state index contributed by atoms with van der Waals surface area (Å²) < 4.78 is 30.5. The molecule has 1 aromatic carbocycles. The molecule has 0 aliphatic carbocycles. The van der Waals surface area contributed by atoms with E-state index in [1.54, 1.807) is 54.9 Å². The number of pyridine rings is 2. The van der Waals surface area contributed by atoms with Gasteiger partial charge in [0.1, 0.15) is 11.5 Å². The van der Waals surface area contributed by atoms with E-state index in [4.69, 9.17) is 9.47 Å². The molecular weight excluding hydrogens is 469 g/mol. The molecule has 0 saturated carbocycles. The van der Waals surface area contributed by atoms with Crippen LogP contribution in [0.25, 0.3) is 16.9 Å². The van der Waals surface area contributed by atoms with Crippen molar-refractivity contribution < 1.29 is 28.2 Å². The van der Waals surface area contributed by atoms with Gasteiger partial charge in [-0.1, -0.05) is 0 Å². The topological polar surface area (TPSA) is 107 Å². The normalized spacial score (nSPS) is 10.8. The smallest absolute Gasteiger partial charge is 0.412 e. The average molecular weight is 493 g/mol. The standard InChI is InChI=1S/C25H24FN5O5/c1-34-11-10-30(24(32)16-4-7-19(26)21(12-16)35-2)18-6-9-23-28-14-20(31(23)15-18)17-5-8-22(27-13-17)29-25(33)36-3/h4-9,12-15H,10-11H2,1-3H3,(H,27,29,33). The minimum absolute atomic E-state index is 0.0162. The van der Waals surface area contributed by atoms with Crippen LogP contribution in [-0.4, -0.2) is 60.9 Å². The first-order valence-corrected chi connectivity index (χ1v) is 10.9. The van der Waals surface area contributed by atoms with Gasteiger partial charge in [-0.25, -0.2) is 19.2 Å². The molecule has 186 valence electrons. The van der Waals surface area contributed by atoms with Crippen LogP contribution in [0.15, 0.2) is 61.1 Å². The lowest BCUT2D eigenvalue weighted by Crippen LogP contribution is -2.34. The number of ether oxygens (including phenoxy) is 3. The molecular formula is C25H24FN5O5. The molecule has 0 radical (unpaired) electrons. The molecule has 3 aromatic heterocycles. The number of benzene rings is 1. The van der Waals surface area contributed by atoms with Crippen molar-refractivity contribution in [3.8, 4) is 17.0 Å². The van der Waals surface area contributed by atoms with Gasteiger partial charge >= 0.3 is 6.09 Å². The van der Waals surface area contributed by atoms with Crippen LogP contribution in [0, 0.1) is 5.82 Å². The summed E-state index contributed by atoms with van der Waals surface area (Å²) in [6.45, 7) is 0.553. The molecule has 4 aromatic rings. The molecule has 0 saturated heterocycles. The number of hydrogen-bond donors (Lipinski definition) is 1. The zero-order chi connectivity index (χ0) is 25.7. The molecule has 0 spiro atoms. The van der Waals surface area contributed by atoms with E-state index in [1.165, 1.54) is 32.4 Å². The fourth-order valence-corrected chi connectivity index (χ4v) is 3.60. The number of fused-ring (bicyclic) bond motifs is 1. The predicted octanol–water partition coefficient (Wildman–Crippen LogP) is 4.02. The van der Waals surface area contributed by atoms with Crippen LogP contribution in [0.3, 0.4) is 0 Å². The van der Waals surface area contributed by atoms with E-state index in [9.17, 15) is 14.0 Å². The van der Waals surface area contributed by atoms with Crippen LogP contribution in [0.4, 0.5) is 20.7 Å². The molecule has 0 atom stereocenters. The van der Waals surface area contributed by atoms with E-state index in [-0.39, 0.29) is 30.4 Å². The highest BCUT2D eigenvalue weighted by atomic mass is 19.1. The Bertz CT molecular complexity index is 1390. The zero-order valence-corrected chi connectivity index (χ0v) is 19.9. The fraction of sp³-hybridized carbons (Fsp3) is 0.200. The Kier molecular flexibility index (Phi) is 7.40. The third-order valence-corrected chi connectivity index (χ3v) is 5.44. The van der Waals surface area contributed by atoms with Crippen LogP contribution >= 0.6 is 0 Å². The zero-order valence-electron chi connectivity index (χ0n) is 19.9. The van der Waals surface area contributed by atoms with Crippen molar-refractivity contribution in [2.45, 2.75) is 0 Å². The molecule has 0 bridgehead atoms. The van der Waals surface area contributed by atoms with Crippen molar-refractivity contribution in [1.82, 2.24) is 14.4 Å². The highest BCUT2D eigenvalue weighted by Crippen LogP contribution is 2.26. The lowest BCUT2D eigenvalue weighted by Gasteiger charge is -2.23. The van der Waals surface area contributed by atoms with Crippen LogP contribution in [-0.2, 0) is 9.47 Å². The fourth-order valence-electron chi connectivity index (χ4n) is 3.60. The van der Waals surface area contributed by atoms with Crippen LogP contribution in [0.5, 0.6) is 5.75 Å². The monoisotopic (exact) mass is 493 g/mol. The third kappa shape index (κ3) is 5.10. The average Bonchev–Trinajstić information content (AvgIpc) is 3.33. The quantitative estimate of drug-likeness (QED) is 0.395. The molecule has 0 fully saturated rings. The van der Waals surface area contributed by atoms with Gasteiger partial charge in [0.05, 0.1) is 38.4 Å². The van der Waals surface area contributed by atoms with Gasteiger partial charge in [-0.15, -0.1) is 0 Å². The highest BCUT2D eigenvalue weighted by Gasteiger charge is 2.20. The first-order chi connectivity index (χ1) is 17.4. The number of amides is 2. The van der Waals surface area contributed by atoms with Gasteiger partial charge in [0.2, 0.25) is 0 Å². The highest BCUT2D eigenvalue weighted by molar-refractivity contribution is 6.06. The summed E-state index contributed by atoms with van der Waals surface area (Å²) in [6.07, 6.45) is 4.46. The number of anilines is 2. The van der Waals surface area contributed by atoms with Crippen LogP contribution in [0.2, 0.25) is 0 Å². The number of halogens is 1. The molecule has 10 nitrogen and oxygen atoms in total. The van der Waals surface area contributed by atoms with Gasteiger partial charge in [-0.05, 0) is 42.5 Å². The Morgan fingerprint density at radius 2 is 1.89 bits per heavy atom. The van der Waals surface area contributed by atoms with E-state index in [0.717, 1.165) is 11.3 Å². The van der Waals surface area contributed by atoms with Gasteiger partial charge in [-0.3, -0.25) is 14.5 Å². The molecule has 0 unspecified atom stereocenters. The van der Waals surface area contributed by atoms with Crippen molar-refractivity contribution in [3.05, 3.63) is 72.4 Å². The van der Waals surface area contributed by atoms with Gasteiger partial charge in [-0.2, -0.15) is 0 Å². The Morgan fingerprint density at radius 3 is 2.58 bits per heavy atom. The second kappa shape index (κ2) is 10.8. The predicted molar refractivity (Wildman–Crippen MR) is 131 cm³/mol. The van der Waals surface area contributed by atoms with Crippen LogP contribution < -0.4 is 15.0 Å². The number of carbonyl (C=O) groups is 2. The van der Waals surface area contributed by atoms with Gasteiger partial charge < -0.3 is 19.1 Å². The SMILES string of the molecule is COCCN(C(=O)c1ccc(F)c(OC)c1)c1ccc2ncc(-c3ccc(NC(=O)OC)nc3)n2c1. The summed E-state index contributed by atoms with van der Waals surface area (Å²) in [4.78, 5) is 35.0. The Labute approximate surface area is 206 Å². The Morgan fingerprint density at radius 1 is 1.06 bits per heavy atom. The third-order valence-electron chi connectivity index (χ3n) is 5.44. The molecule has 1 N–H and O–H groups in total. The number of nitrogens with zero attached hydrogens (tertiary/aromatic N) is 4. The van der Waals surface area contributed by atoms with Crippen molar-refractivity contribution in [3.63, 3.8) is 0 Å². The van der Waals surface area contributed by atoms with Gasteiger partial charge in [0.25, 0.3) is 5.91 Å². The lowest BCUT2D eigenvalue weighted by atomic mass is 10.1. The first-order valence-electron chi connectivity index (χ1n) is 10.9. The number of aromatic nitrogens is 3. The number of methoxy groups -OCH3 is 3. The molecule has 0 aliphatic rings. The molecule has 0 aliphatic heterocycles. The number of carbonyl (C=O) groups excluding carboxylic acids is 2. The van der Waals surface area contributed by atoms with E-state index in [1.807, 2.05) is 4.40 Å². The lowest BCUT2D eigenvalue weighted by molar-refractivity contribution is 0.0975. The second-order valence-corrected chi connectivity index (χ2v) is 7.61. The summed E-state index contributed by atoms with van der Waals surface area (Å²) in [5.41, 5.74) is 2.99. The minimum atomic E-state index is -0.616. The van der Waals surface area contributed by atoms with E-state index in [0.29, 0.717) is 17.2 Å². The maximum atomic E-state index is 13.9. The van der Waals surface area contributed by atoms with Crippen LogP contribution in [0.1, 0.15) is 10.4 Å². The summed E-state index contributed by atoms with van der Waals surface area (Å²) in [5, 5.41) is 2.50. The number of imidazole rings is 1. The Hall–Kier alpha value is -4.51. The van der Waals surface area contributed by atoms with Crippen molar-refractivity contribution in [2.75, 3.05) is 44.7 Å². The number of nitrogens with one attached hydrogen (secondary N) is 1. The molecule has 36 heavy (non-hydrogen) atoms. The van der Waals surface area contributed by atoms with Gasteiger partial charge in [0, 0.05) is 37.2 Å². The van der Waals surface area contributed by atoms with E-state index >= 15 is 0 Å². The minimum Gasteiger partial charge on any atom is -0.494 e. The summed E-state index contributed by atoms with van der Waals surface area (Å²) in [7, 11) is 4.16. The summed E-state index contributed by atoms with van der Waals surface area (Å²) >= 11 is 0. The maximum Gasteiger partial charge on any atom is 0.412 e. The van der Waals surface area contributed by atoms with Crippen molar-refractivity contribution in [2.24, 2.45) is 0 Å². The molecule has 4 rings (SSSR count). The second-order valence-electron chi connectivity index (χ2n) is 7.61. The summed E-state index contributed by atoms with van der Waals surface area (Å²) in [5.74, 6) is -0.571. The van der Waals surface area contributed by atoms with Crippen molar-refractivity contribution in [1.29, 1.82) is 0 Å².